The molecule has 0 amide bonds. The van der Waals surface area contributed by atoms with E-state index in [9.17, 15) is 5.11 Å². The fourth-order valence-electron chi connectivity index (χ4n) is 3.52. The zero-order valence-corrected chi connectivity index (χ0v) is 17.4. The van der Waals surface area contributed by atoms with Crippen molar-refractivity contribution in [1.82, 2.24) is 24.5 Å². The number of rotatable bonds is 8. The zero-order chi connectivity index (χ0) is 20.9. The van der Waals surface area contributed by atoms with Crippen LogP contribution in [0.5, 0.6) is 0 Å². The molecular weight excluding hydrogens is 386 g/mol. The van der Waals surface area contributed by atoms with Crippen molar-refractivity contribution in [2.75, 3.05) is 69.5 Å². The predicted molar refractivity (Wildman–Crippen MR) is 113 cm³/mol. The van der Waals surface area contributed by atoms with Gasteiger partial charge in [-0.1, -0.05) is 12.1 Å². The van der Waals surface area contributed by atoms with Gasteiger partial charge in [-0.25, -0.2) is 4.98 Å². The number of methoxy groups -OCH3 is 1. The summed E-state index contributed by atoms with van der Waals surface area (Å²) in [6, 6.07) is 7.91. The van der Waals surface area contributed by atoms with E-state index in [2.05, 4.69) is 9.88 Å². The molecule has 1 aromatic carbocycles. The maximum Gasteiger partial charge on any atom is 0.242 e. The van der Waals surface area contributed by atoms with Gasteiger partial charge in [-0.2, -0.15) is 15.0 Å². The van der Waals surface area contributed by atoms with E-state index in [0.29, 0.717) is 63.8 Å². The van der Waals surface area contributed by atoms with Gasteiger partial charge in [0, 0.05) is 33.3 Å². The second-order valence-electron chi connectivity index (χ2n) is 7.02. The first-order valence-corrected chi connectivity index (χ1v) is 10.1. The van der Waals surface area contributed by atoms with Crippen LogP contribution in [0, 0.1) is 6.92 Å². The lowest BCUT2D eigenvalue weighted by Crippen LogP contribution is -2.38. The Hall–Kier alpha value is -2.82. The van der Waals surface area contributed by atoms with Crippen LogP contribution in [0.4, 0.5) is 11.9 Å². The van der Waals surface area contributed by atoms with Gasteiger partial charge in [-0.3, -0.25) is 4.57 Å². The van der Waals surface area contributed by atoms with Gasteiger partial charge >= 0.3 is 0 Å². The van der Waals surface area contributed by atoms with Crippen LogP contribution in [-0.4, -0.2) is 89.3 Å². The quantitative estimate of drug-likeness (QED) is 0.574. The highest BCUT2D eigenvalue weighted by Gasteiger charge is 2.21. The van der Waals surface area contributed by atoms with Crippen molar-refractivity contribution in [2.24, 2.45) is 0 Å². The Labute approximate surface area is 175 Å². The molecule has 0 saturated carbocycles. The number of ether oxygens (including phenoxy) is 2. The number of aryl methyl sites for hydroxylation is 1. The van der Waals surface area contributed by atoms with Crippen LogP contribution >= 0.6 is 0 Å². The van der Waals surface area contributed by atoms with E-state index in [0.717, 1.165) is 16.9 Å². The highest BCUT2D eigenvalue weighted by Crippen LogP contribution is 2.23. The molecule has 1 saturated heterocycles. The molecule has 1 aliphatic rings. The summed E-state index contributed by atoms with van der Waals surface area (Å²) in [5, 5.41) is 9.56. The van der Waals surface area contributed by atoms with Crippen molar-refractivity contribution in [3.8, 4) is 5.95 Å². The molecule has 10 nitrogen and oxygen atoms in total. The lowest BCUT2D eigenvalue weighted by molar-refractivity contribution is 0.122. The summed E-state index contributed by atoms with van der Waals surface area (Å²) in [7, 11) is 1.65. The summed E-state index contributed by atoms with van der Waals surface area (Å²) < 4.78 is 12.7. The minimum atomic E-state index is -0.00927. The lowest BCUT2D eigenvalue weighted by atomic mass is 10.3. The molecule has 1 aliphatic heterocycles. The number of aromatic nitrogens is 5. The number of hydrogen-bond acceptors (Lipinski definition) is 9. The zero-order valence-electron chi connectivity index (χ0n) is 17.4. The van der Waals surface area contributed by atoms with Crippen LogP contribution in [0.3, 0.4) is 0 Å². The number of aliphatic hydroxyl groups excluding tert-OH is 1. The van der Waals surface area contributed by atoms with E-state index in [1.165, 1.54) is 0 Å². The number of para-hydroxylation sites is 2. The Kier molecular flexibility index (Phi) is 6.36. The number of fused-ring (bicyclic) bond motifs is 1. The van der Waals surface area contributed by atoms with Gasteiger partial charge in [-0.05, 0) is 19.1 Å². The Balaban J connectivity index is 1.83. The second kappa shape index (κ2) is 9.33. The monoisotopic (exact) mass is 413 g/mol. The van der Waals surface area contributed by atoms with Crippen molar-refractivity contribution in [3.05, 3.63) is 30.1 Å². The molecule has 0 unspecified atom stereocenters. The topological polar surface area (TPSA) is 102 Å². The van der Waals surface area contributed by atoms with Crippen LogP contribution in [0.15, 0.2) is 24.3 Å². The molecule has 4 rings (SSSR count). The molecule has 0 aliphatic carbocycles. The summed E-state index contributed by atoms with van der Waals surface area (Å²) in [5.41, 5.74) is 1.82. The number of hydrogen-bond donors (Lipinski definition) is 1. The average molecular weight is 413 g/mol. The van der Waals surface area contributed by atoms with E-state index in [1.807, 2.05) is 40.7 Å². The van der Waals surface area contributed by atoms with Crippen LogP contribution in [0.25, 0.3) is 17.0 Å². The van der Waals surface area contributed by atoms with E-state index in [-0.39, 0.29) is 6.61 Å². The number of anilines is 2. The Morgan fingerprint density at radius 3 is 2.60 bits per heavy atom. The molecule has 1 fully saturated rings. The second-order valence-corrected chi connectivity index (χ2v) is 7.02. The van der Waals surface area contributed by atoms with Crippen molar-refractivity contribution < 1.29 is 14.6 Å². The van der Waals surface area contributed by atoms with E-state index >= 15 is 0 Å². The van der Waals surface area contributed by atoms with Gasteiger partial charge in [0.1, 0.15) is 5.82 Å². The molecule has 1 N–H and O–H groups in total. The van der Waals surface area contributed by atoms with E-state index in [1.54, 1.807) is 7.11 Å². The van der Waals surface area contributed by atoms with E-state index < -0.39 is 0 Å². The molecule has 3 heterocycles. The first-order valence-electron chi connectivity index (χ1n) is 10.1. The van der Waals surface area contributed by atoms with Crippen LogP contribution in [0.1, 0.15) is 5.82 Å². The van der Waals surface area contributed by atoms with Gasteiger partial charge in [0.2, 0.25) is 17.8 Å². The normalized spacial score (nSPS) is 14.4. The first-order chi connectivity index (χ1) is 14.7. The SMILES string of the molecule is COCCN(CCO)c1nc(N2CCOCC2)nc(-n2c(C)nc3ccccc32)n1. The standard InChI is InChI=1S/C20H27N7O3/c1-15-21-16-5-3-4-6-17(16)27(15)20-23-18(25(7-11-28)8-12-29-2)22-19(24-20)26-9-13-30-14-10-26/h3-6,28H,7-14H2,1-2H3. The van der Waals surface area contributed by atoms with Crippen LogP contribution in [-0.2, 0) is 9.47 Å². The third-order valence-electron chi connectivity index (χ3n) is 5.04. The number of morpholine rings is 1. The predicted octanol–water partition coefficient (Wildman–Crippen LogP) is 0.801. The molecular formula is C20H27N7O3. The first kappa shape index (κ1) is 20.5. The Bertz CT molecular complexity index is 988. The molecule has 30 heavy (non-hydrogen) atoms. The largest absolute Gasteiger partial charge is 0.395 e. The molecule has 10 heteroatoms. The third kappa shape index (κ3) is 4.20. The lowest BCUT2D eigenvalue weighted by Gasteiger charge is -2.28. The number of nitrogens with zero attached hydrogens (tertiary/aromatic N) is 7. The average Bonchev–Trinajstić information content (AvgIpc) is 3.12. The maximum absolute atomic E-state index is 9.56. The van der Waals surface area contributed by atoms with Crippen LogP contribution < -0.4 is 9.80 Å². The Morgan fingerprint density at radius 2 is 1.83 bits per heavy atom. The molecule has 2 aromatic heterocycles. The molecule has 160 valence electrons. The van der Waals surface area contributed by atoms with E-state index in [4.69, 9.17) is 24.4 Å². The number of aliphatic hydroxyl groups is 1. The Morgan fingerprint density at radius 1 is 1.07 bits per heavy atom. The molecule has 0 bridgehead atoms. The van der Waals surface area contributed by atoms with Crippen LogP contribution in [0.2, 0.25) is 0 Å². The van der Waals surface area contributed by atoms with Crippen molar-refractivity contribution >= 4 is 22.9 Å². The summed E-state index contributed by atoms with van der Waals surface area (Å²) in [6.07, 6.45) is 0. The van der Waals surface area contributed by atoms with Crippen molar-refractivity contribution in [1.29, 1.82) is 0 Å². The van der Waals surface area contributed by atoms with Crippen molar-refractivity contribution in [3.63, 3.8) is 0 Å². The third-order valence-corrected chi connectivity index (χ3v) is 5.04. The molecule has 0 spiro atoms. The van der Waals surface area contributed by atoms with Gasteiger partial charge in [0.25, 0.3) is 0 Å². The highest BCUT2D eigenvalue weighted by atomic mass is 16.5. The summed E-state index contributed by atoms with van der Waals surface area (Å²) in [6.45, 7) is 6.09. The minimum absolute atomic E-state index is 0.00927. The van der Waals surface area contributed by atoms with Crippen molar-refractivity contribution in [2.45, 2.75) is 6.92 Å². The summed E-state index contributed by atoms with van der Waals surface area (Å²) in [5.74, 6) is 2.40. The summed E-state index contributed by atoms with van der Waals surface area (Å²) >= 11 is 0. The maximum atomic E-state index is 9.56. The fourth-order valence-corrected chi connectivity index (χ4v) is 3.52. The summed E-state index contributed by atoms with van der Waals surface area (Å²) in [4.78, 5) is 22.9. The number of imidazole rings is 1. The number of benzene rings is 1. The minimum Gasteiger partial charge on any atom is -0.395 e. The van der Waals surface area contributed by atoms with Gasteiger partial charge in [0.15, 0.2) is 0 Å². The van der Waals surface area contributed by atoms with Gasteiger partial charge < -0.3 is 24.4 Å². The fraction of sp³-hybridized carbons (Fsp3) is 0.500. The molecule has 0 radical (unpaired) electrons. The molecule has 3 aromatic rings. The highest BCUT2D eigenvalue weighted by molar-refractivity contribution is 5.77. The van der Waals surface area contributed by atoms with Gasteiger partial charge in [-0.15, -0.1) is 0 Å². The van der Waals surface area contributed by atoms with Gasteiger partial charge in [0.05, 0.1) is 37.5 Å². The molecule has 0 atom stereocenters. The smallest absolute Gasteiger partial charge is 0.242 e.